The first-order valence-electron chi connectivity index (χ1n) is 16.2. The van der Waals surface area contributed by atoms with Gasteiger partial charge in [0.25, 0.3) is 0 Å². The van der Waals surface area contributed by atoms with Gasteiger partial charge in [-0.1, -0.05) is 43.2 Å². The number of benzene rings is 1. The number of ether oxygens (including phenoxy) is 1. The molecule has 2 N–H and O–H groups in total. The van der Waals surface area contributed by atoms with Crippen molar-refractivity contribution in [1.82, 2.24) is 29.7 Å². The number of pyridine rings is 4. The van der Waals surface area contributed by atoms with E-state index in [-0.39, 0.29) is 39.0 Å². The number of nitrogens with two attached hydrogens (primary N) is 1. The second-order valence-electron chi connectivity index (χ2n) is 11.6. The standard InChI is InChI=1S/C38H45N7O.2Zn/c39-17-7-1-2-12-22-46-38-24-32(26-44(28-34-13-3-8-18-40-34)29-35-14-4-9-19-41-35)23-33(25-38)27-45(30-36-15-5-10-20-42-36)31-37-16-6-11-21-43-37;;/h3-6,8-11,13-16,18-21,23-25H,1-2,7,12,17,22,26-31,39H2;;. The fourth-order valence-corrected chi connectivity index (χ4v) is 5.52. The minimum Gasteiger partial charge on any atom is -0.494 e. The normalized spacial score (nSPS) is 10.8. The Hall–Kier alpha value is -3.25. The molecule has 0 bridgehead atoms. The van der Waals surface area contributed by atoms with Crippen LogP contribution >= 0.6 is 0 Å². The summed E-state index contributed by atoms with van der Waals surface area (Å²) in [5.41, 5.74) is 12.2. The van der Waals surface area contributed by atoms with Gasteiger partial charge in [0.05, 0.1) is 29.4 Å². The van der Waals surface area contributed by atoms with Gasteiger partial charge in [0.15, 0.2) is 0 Å². The van der Waals surface area contributed by atoms with Gasteiger partial charge in [0.1, 0.15) is 5.75 Å². The second kappa shape index (κ2) is 22.4. The maximum Gasteiger partial charge on any atom is 0.119 e. The van der Waals surface area contributed by atoms with Crippen molar-refractivity contribution in [1.29, 1.82) is 0 Å². The molecular formula is C38H45N7OZn2. The first-order valence-corrected chi connectivity index (χ1v) is 16.2. The number of nitrogens with zero attached hydrogens (tertiary/aromatic N) is 6. The third-order valence-corrected chi connectivity index (χ3v) is 7.65. The largest absolute Gasteiger partial charge is 0.494 e. The van der Waals surface area contributed by atoms with Crippen molar-refractivity contribution >= 4 is 0 Å². The molecule has 0 saturated heterocycles. The van der Waals surface area contributed by atoms with Crippen LogP contribution in [0.25, 0.3) is 0 Å². The summed E-state index contributed by atoms with van der Waals surface area (Å²) in [5, 5.41) is 0. The quantitative estimate of drug-likeness (QED) is 0.0751. The second-order valence-corrected chi connectivity index (χ2v) is 11.6. The zero-order chi connectivity index (χ0) is 31.7. The van der Waals surface area contributed by atoms with Crippen molar-refractivity contribution in [3.63, 3.8) is 0 Å². The van der Waals surface area contributed by atoms with E-state index in [1.165, 1.54) is 11.1 Å². The number of hydrogen-bond donors (Lipinski definition) is 1. The molecule has 0 aliphatic carbocycles. The van der Waals surface area contributed by atoms with Crippen LogP contribution in [0.5, 0.6) is 5.75 Å². The van der Waals surface area contributed by atoms with Crippen molar-refractivity contribution < 1.29 is 43.7 Å². The van der Waals surface area contributed by atoms with Gasteiger partial charge in [0, 0.05) is 103 Å². The average Bonchev–Trinajstić information content (AvgIpc) is 3.08. The van der Waals surface area contributed by atoms with E-state index in [9.17, 15) is 0 Å². The molecule has 0 fully saturated rings. The molecule has 0 atom stereocenters. The smallest absolute Gasteiger partial charge is 0.119 e. The van der Waals surface area contributed by atoms with Crippen LogP contribution in [0.4, 0.5) is 0 Å². The zero-order valence-electron chi connectivity index (χ0n) is 28.0. The molecule has 4 heterocycles. The summed E-state index contributed by atoms with van der Waals surface area (Å²) in [6.45, 7) is 5.74. The Morgan fingerprint density at radius 3 is 1.23 bits per heavy atom. The minimum atomic E-state index is 0. The fraction of sp³-hybridized carbons (Fsp3) is 0.316. The van der Waals surface area contributed by atoms with Gasteiger partial charge < -0.3 is 10.5 Å². The molecule has 10 heteroatoms. The van der Waals surface area contributed by atoms with E-state index in [1.807, 2.05) is 73.3 Å². The molecule has 5 rings (SSSR count). The van der Waals surface area contributed by atoms with Crippen molar-refractivity contribution in [2.45, 2.75) is 65.0 Å². The van der Waals surface area contributed by atoms with Gasteiger partial charge in [-0.25, -0.2) is 0 Å². The molecule has 242 valence electrons. The Morgan fingerprint density at radius 2 is 0.875 bits per heavy atom. The predicted molar refractivity (Wildman–Crippen MR) is 182 cm³/mol. The van der Waals surface area contributed by atoms with Crippen LogP contribution in [-0.4, -0.2) is 42.9 Å². The van der Waals surface area contributed by atoms with E-state index in [4.69, 9.17) is 10.5 Å². The summed E-state index contributed by atoms with van der Waals surface area (Å²) in [7, 11) is 0. The Labute approximate surface area is 311 Å². The van der Waals surface area contributed by atoms with Crippen LogP contribution in [0.15, 0.2) is 116 Å². The van der Waals surface area contributed by atoms with E-state index in [2.05, 4.69) is 72.2 Å². The van der Waals surface area contributed by atoms with Crippen LogP contribution < -0.4 is 10.5 Å². The maximum absolute atomic E-state index is 6.39. The van der Waals surface area contributed by atoms with Gasteiger partial charge >= 0.3 is 0 Å². The van der Waals surface area contributed by atoms with Gasteiger partial charge in [-0.05, 0) is 91.2 Å². The Morgan fingerprint density at radius 1 is 0.479 bits per heavy atom. The molecule has 0 spiro atoms. The molecule has 5 aromatic rings. The Balaban J connectivity index is 0.00000312. The number of aromatic nitrogens is 4. The van der Waals surface area contributed by atoms with Crippen molar-refractivity contribution in [3.8, 4) is 5.75 Å². The SMILES string of the molecule is NCCCCCCOc1cc(CN(Cc2ccccn2)Cc2ccccn2)cc(CN(Cc2ccccn2)Cc2ccccn2)c1.[Zn].[Zn]. The summed E-state index contributed by atoms with van der Waals surface area (Å²) < 4.78 is 6.39. The molecule has 48 heavy (non-hydrogen) atoms. The van der Waals surface area contributed by atoms with Crippen LogP contribution in [0.1, 0.15) is 59.6 Å². The van der Waals surface area contributed by atoms with E-state index < -0.39 is 0 Å². The van der Waals surface area contributed by atoms with Gasteiger partial charge in [-0.2, -0.15) is 0 Å². The molecule has 0 aliphatic heterocycles. The summed E-state index contributed by atoms with van der Waals surface area (Å²) in [6.07, 6.45) is 11.7. The third kappa shape index (κ3) is 14.1. The first kappa shape index (κ1) is 39.2. The summed E-state index contributed by atoms with van der Waals surface area (Å²) >= 11 is 0. The summed E-state index contributed by atoms with van der Waals surface area (Å²) in [6, 6.07) is 31.0. The molecular weight excluding hydrogens is 701 g/mol. The predicted octanol–water partition coefficient (Wildman–Crippen LogP) is 6.56. The van der Waals surface area contributed by atoms with E-state index >= 15 is 0 Å². The van der Waals surface area contributed by atoms with Crippen molar-refractivity contribution in [3.05, 3.63) is 150 Å². The molecule has 1 aromatic carbocycles. The molecule has 0 saturated carbocycles. The van der Waals surface area contributed by atoms with Crippen molar-refractivity contribution in [2.75, 3.05) is 13.2 Å². The van der Waals surface area contributed by atoms with Crippen LogP contribution in [-0.2, 0) is 78.2 Å². The molecule has 0 aliphatic rings. The molecule has 4 aromatic heterocycles. The van der Waals surface area contributed by atoms with E-state index in [0.717, 1.165) is 73.8 Å². The number of rotatable bonds is 19. The van der Waals surface area contributed by atoms with Crippen LogP contribution in [0.3, 0.4) is 0 Å². The van der Waals surface area contributed by atoms with Crippen molar-refractivity contribution in [2.24, 2.45) is 5.73 Å². The molecule has 0 radical (unpaired) electrons. The van der Waals surface area contributed by atoms with Crippen LogP contribution in [0, 0.1) is 0 Å². The topological polar surface area (TPSA) is 93.3 Å². The third-order valence-electron chi connectivity index (χ3n) is 7.65. The van der Waals surface area contributed by atoms with E-state index in [0.29, 0.717) is 32.8 Å². The number of hydrogen-bond acceptors (Lipinski definition) is 8. The molecule has 0 amide bonds. The summed E-state index contributed by atoms with van der Waals surface area (Å²) in [5.74, 6) is 0.901. The van der Waals surface area contributed by atoms with E-state index in [1.54, 1.807) is 0 Å². The molecule has 8 nitrogen and oxygen atoms in total. The summed E-state index contributed by atoms with van der Waals surface area (Å²) in [4.78, 5) is 23.2. The van der Waals surface area contributed by atoms with Gasteiger partial charge in [0.2, 0.25) is 0 Å². The van der Waals surface area contributed by atoms with Gasteiger partial charge in [-0.3, -0.25) is 29.7 Å². The average molecular weight is 747 g/mol. The molecule has 0 unspecified atom stereocenters. The Bertz CT molecular complexity index is 1360. The number of unbranched alkanes of at least 4 members (excludes halogenated alkanes) is 3. The monoisotopic (exact) mass is 743 g/mol. The van der Waals surface area contributed by atoms with Gasteiger partial charge in [-0.15, -0.1) is 0 Å². The maximum atomic E-state index is 6.39. The Kier molecular flexibility index (Phi) is 18.3. The minimum absolute atomic E-state index is 0. The zero-order valence-corrected chi connectivity index (χ0v) is 34.0. The first-order chi connectivity index (χ1) is 22.7. The van der Waals surface area contributed by atoms with Crippen LogP contribution in [0.2, 0.25) is 0 Å². The fourth-order valence-electron chi connectivity index (χ4n) is 5.52.